The molecule has 1 atom stereocenters. The first-order valence-corrected chi connectivity index (χ1v) is 6.02. The molecule has 0 aliphatic carbocycles. The summed E-state index contributed by atoms with van der Waals surface area (Å²) in [7, 11) is -3.27. The van der Waals surface area contributed by atoms with Crippen LogP contribution in [0.25, 0.3) is 0 Å². The molecule has 0 radical (unpaired) electrons. The van der Waals surface area contributed by atoms with Crippen LogP contribution < -0.4 is 0 Å². The molecule has 0 spiro atoms. The molecule has 0 heterocycles. The van der Waals surface area contributed by atoms with E-state index in [0.717, 1.165) is 12.1 Å². The van der Waals surface area contributed by atoms with E-state index >= 15 is 0 Å². The van der Waals surface area contributed by atoms with Crippen molar-refractivity contribution < 1.29 is 12.8 Å². The maximum Gasteiger partial charge on any atom is 0.180 e. The fraction of sp³-hybridized carbons (Fsp3) is 0.400. The van der Waals surface area contributed by atoms with Crippen LogP contribution in [0.1, 0.15) is 20.3 Å². The summed E-state index contributed by atoms with van der Waals surface area (Å²) in [5.41, 5.74) is 0. The highest BCUT2D eigenvalue weighted by Crippen LogP contribution is 2.17. The van der Waals surface area contributed by atoms with Crippen molar-refractivity contribution >= 4 is 9.84 Å². The average Bonchev–Trinajstić information content (AvgIpc) is 2.17. The van der Waals surface area contributed by atoms with E-state index in [4.69, 9.17) is 0 Å². The summed E-state index contributed by atoms with van der Waals surface area (Å²) >= 11 is 0. The maximum atomic E-state index is 12.6. The predicted molar refractivity (Wildman–Crippen MR) is 53.3 cm³/mol. The lowest BCUT2D eigenvalue weighted by Gasteiger charge is -2.09. The number of rotatable bonds is 3. The van der Waals surface area contributed by atoms with E-state index in [1.54, 1.807) is 6.92 Å². The highest BCUT2D eigenvalue weighted by atomic mass is 32.2. The standard InChI is InChI=1S/C10H13FO2S/c1-3-8(2)14(12,13)10-6-4-9(11)5-7-10/h4-8H,3H2,1-2H3. The van der Waals surface area contributed by atoms with Crippen molar-refractivity contribution in [2.24, 2.45) is 0 Å². The van der Waals surface area contributed by atoms with Crippen LogP contribution in [0.3, 0.4) is 0 Å². The lowest BCUT2D eigenvalue weighted by atomic mass is 10.3. The third kappa shape index (κ3) is 2.12. The Morgan fingerprint density at radius 3 is 2.21 bits per heavy atom. The Hall–Kier alpha value is -0.900. The highest BCUT2D eigenvalue weighted by Gasteiger charge is 2.21. The van der Waals surface area contributed by atoms with Crippen LogP contribution in [0.2, 0.25) is 0 Å². The van der Waals surface area contributed by atoms with Crippen molar-refractivity contribution in [2.75, 3.05) is 0 Å². The molecule has 0 aliphatic rings. The summed E-state index contributed by atoms with van der Waals surface area (Å²) in [6.07, 6.45) is 0.555. The van der Waals surface area contributed by atoms with E-state index in [-0.39, 0.29) is 4.90 Å². The van der Waals surface area contributed by atoms with Gasteiger partial charge in [0, 0.05) is 0 Å². The Morgan fingerprint density at radius 1 is 1.29 bits per heavy atom. The van der Waals surface area contributed by atoms with E-state index in [9.17, 15) is 12.8 Å². The molecular weight excluding hydrogens is 203 g/mol. The van der Waals surface area contributed by atoms with Crippen LogP contribution in [0, 0.1) is 5.82 Å². The Kier molecular flexibility index (Phi) is 3.26. The molecule has 0 saturated heterocycles. The zero-order valence-corrected chi connectivity index (χ0v) is 9.01. The first kappa shape index (κ1) is 11.2. The van der Waals surface area contributed by atoms with Crippen molar-refractivity contribution in [1.82, 2.24) is 0 Å². The minimum absolute atomic E-state index is 0.188. The molecule has 4 heteroatoms. The molecule has 14 heavy (non-hydrogen) atoms. The third-order valence-electron chi connectivity index (χ3n) is 2.25. The van der Waals surface area contributed by atoms with Gasteiger partial charge < -0.3 is 0 Å². The fourth-order valence-electron chi connectivity index (χ4n) is 1.08. The minimum Gasteiger partial charge on any atom is -0.223 e. The SMILES string of the molecule is CCC(C)S(=O)(=O)c1ccc(F)cc1. The van der Waals surface area contributed by atoms with Crippen molar-refractivity contribution in [3.05, 3.63) is 30.1 Å². The molecule has 0 saturated carbocycles. The van der Waals surface area contributed by atoms with Crippen molar-refractivity contribution in [3.8, 4) is 0 Å². The van der Waals surface area contributed by atoms with Gasteiger partial charge in [-0.3, -0.25) is 0 Å². The molecule has 78 valence electrons. The molecule has 1 aromatic carbocycles. The van der Waals surface area contributed by atoms with E-state index < -0.39 is 20.9 Å². The molecule has 1 unspecified atom stereocenters. The van der Waals surface area contributed by atoms with Crippen LogP contribution in [-0.2, 0) is 9.84 Å². The minimum atomic E-state index is -3.27. The predicted octanol–water partition coefficient (Wildman–Crippen LogP) is 2.40. The highest BCUT2D eigenvalue weighted by molar-refractivity contribution is 7.92. The average molecular weight is 216 g/mol. The second-order valence-corrected chi connectivity index (χ2v) is 5.58. The largest absolute Gasteiger partial charge is 0.223 e. The second-order valence-electron chi connectivity index (χ2n) is 3.22. The number of hydrogen-bond acceptors (Lipinski definition) is 2. The zero-order valence-electron chi connectivity index (χ0n) is 8.20. The molecule has 1 rings (SSSR count). The molecule has 0 aromatic heterocycles. The van der Waals surface area contributed by atoms with E-state index in [1.807, 2.05) is 6.92 Å². The normalized spacial score (nSPS) is 13.9. The van der Waals surface area contributed by atoms with Crippen LogP contribution in [0.4, 0.5) is 4.39 Å². The Labute approximate surface area is 83.7 Å². The van der Waals surface area contributed by atoms with Gasteiger partial charge in [0.15, 0.2) is 9.84 Å². The third-order valence-corrected chi connectivity index (χ3v) is 4.57. The number of sulfone groups is 1. The Balaban J connectivity index is 3.11. The molecule has 0 N–H and O–H groups in total. The lowest BCUT2D eigenvalue weighted by Crippen LogP contribution is -2.16. The van der Waals surface area contributed by atoms with Gasteiger partial charge in [-0.25, -0.2) is 12.8 Å². The molecule has 2 nitrogen and oxygen atoms in total. The van der Waals surface area contributed by atoms with Crippen molar-refractivity contribution in [2.45, 2.75) is 30.4 Å². The summed E-state index contributed by atoms with van der Waals surface area (Å²) in [4.78, 5) is 0.188. The lowest BCUT2D eigenvalue weighted by molar-refractivity contribution is 0.580. The summed E-state index contributed by atoms with van der Waals surface area (Å²) < 4.78 is 36.1. The number of halogens is 1. The summed E-state index contributed by atoms with van der Waals surface area (Å²) in [5.74, 6) is -0.423. The molecular formula is C10H13FO2S. The summed E-state index contributed by atoms with van der Waals surface area (Å²) in [6.45, 7) is 3.46. The number of hydrogen-bond donors (Lipinski definition) is 0. The van der Waals surface area contributed by atoms with Crippen LogP contribution >= 0.6 is 0 Å². The van der Waals surface area contributed by atoms with Gasteiger partial charge in [-0.1, -0.05) is 6.92 Å². The van der Waals surface area contributed by atoms with Crippen LogP contribution in [-0.4, -0.2) is 13.7 Å². The monoisotopic (exact) mass is 216 g/mol. The first-order chi connectivity index (χ1) is 6.48. The molecule has 0 aliphatic heterocycles. The number of benzene rings is 1. The molecule has 1 aromatic rings. The van der Waals surface area contributed by atoms with E-state index in [2.05, 4.69) is 0 Å². The van der Waals surface area contributed by atoms with Crippen LogP contribution in [0.5, 0.6) is 0 Å². The van der Waals surface area contributed by atoms with Gasteiger partial charge in [-0.2, -0.15) is 0 Å². The second kappa shape index (κ2) is 4.09. The Bertz CT molecular complexity index is 395. The van der Waals surface area contributed by atoms with Gasteiger partial charge in [0.2, 0.25) is 0 Å². The van der Waals surface area contributed by atoms with Gasteiger partial charge in [-0.05, 0) is 37.6 Å². The topological polar surface area (TPSA) is 34.1 Å². The molecule has 0 fully saturated rings. The molecule has 0 amide bonds. The fourth-order valence-corrected chi connectivity index (χ4v) is 2.49. The smallest absolute Gasteiger partial charge is 0.180 e. The van der Waals surface area contributed by atoms with E-state index in [1.165, 1.54) is 12.1 Å². The van der Waals surface area contributed by atoms with Gasteiger partial charge in [0.25, 0.3) is 0 Å². The maximum absolute atomic E-state index is 12.6. The van der Waals surface area contributed by atoms with Crippen molar-refractivity contribution in [1.29, 1.82) is 0 Å². The van der Waals surface area contributed by atoms with Gasteiger partial charge >= 0.3 is 0 Å². The molecule has 0 bridgehead atoms. The van der Waals surface area contributed by atoms with Gasteiger partial charge in [0.1, 0.15) is 5.82 Å². The Morgan fingerprint density at radius 2 is 1.79 bits per heavy atom. The summed E-state index contributed by atoms with van der Waals surface area (Å²) in [6, 6.07) is 4.93. The van der Waals surface area contributed by atoms with E-state index in [0.29, 0.717) is 6.42 Å². The van der Waals surface area contributed by atoms with Gasteiger partial charge in [-0.15, -0.1) is 0 Å². The summed E-state index contributed by atoms with van der Waals surface area (Å²) in [5, 5.41) is -0.423. The van der Waals surface area contributed by atoms with Gasteiger partial charge in [0.05, 0.1) is 10.1 Å². The first-order valence-electron chi connectivity index (χ1n) is 4.48. The quantitative estimate of drug-likeness (QED) is 0.727. The van der Waals surface area contributed by atoms with Crippen molar-refractivity contribution in [3.63, 3.8) is 0 Å². The van der Waals surface area contributed by atoms with Crippen LogP contribution in [0.15, 0.2) is 29.2 Å². The zero-order chi connectivity index (χ0) is 10.8.